The fraction of sp³-hybridized carbons (Fsp3) is 0.263. The molecule has 4 rings (SSSR count). The topological polar surface area (TPSA) is 38.9 Å². The molecule has 1 saturated carbocycles. The van der Waals surface area contributed by atoms with Crippen LogP contribution < -0.4 is 0 Å². The Morgan fingerprint density at radius 1 is 1.09 bits per heavy atom. The van der Waals surface area contributed by atoms with E-state index in [2.05, 4.69) is 56.4 Å². The smallest absolute Gasteiger partial charge is 0.168 e. The Morgan fingerprint density at radius 3 is 2.48 bits per heavy atom. The summed E-state index contributed by atoms with van der Waals surface area (Å²) in [5, 5.41) is 4.39. The van der Waals surface area contributed by atoms with Gasteiger partial charge in [-0.25, -0.2) is 0 Å². The normalized spacial score (nSPS) is 16.1. The van der Waals surface area contributed by atoms with Crippen LogP contribution >= 0.6 is 15.9 Å². The molecule has 0 amide bonds. The van der Waals surface area contributed by atoms with Gasteiger partial charge in [0.05, 0.1) is 5.69 Å². The van der Waals surface area contributed by atoms with Crippen molar-refractivity contribution in [2.75, 3.05) is 0 Å². The van der Waals surface area contributed by atoms with Crippen LogP contribution in [0.3, 0.4) is 0 Å². The van der Waals surface area contributed by atoms with E-state index >= 15 is 0 Å². The van der Waals surface area contributed by atoms with Gasteiger partial charge in [0, 0.05) is 33.4 Å². The average molecular weight is 369 g/mol. The summed E-state index contributed by atoms with van der Waals surface area (Å²) in [6, 6.07) is 14.7. The Bertz CT molecular complexity index is 817. The first kappa shape index (κ1) is 14.6. The number of pyridine rings is 1. The maximum atomic E-state index is 5.62. The highest BCUT2D eigenvalue weighted by Crippen LogP contribution is 2.49. The Hall–Kier alpha value is -1.94. The Morgan fingerprint density at radius 2 is 1.87 bits per heavy atom. The third kappa shape index (κ3) is 2.51. The summed E-state index contributed by atoms with van der Waals surface area (Å²) < 4.78 is 6.72. The fourth-order valence-electron chi connectivity index (χ4n) is 3.24. The zero-order valence-electron chi connectivity index (χ0n) is 12.9. The molecule has 23 heavy (non-hydrogen) atoms. The third-order valence-electron chi connectivity index (χ3n) is 4.80. The lowest BCUT2D eigenvalue weighted by Crippen LogP contribution is -2.35. The van der Waals surface area contributed by atoms with Crippen molar-refractivity contribution in [2.24, 2.45) is 0 Å². The van der Waals surface area contributed by atoms with E-state index in [4.69, 9.17) is 4.52 Å². The standard InChI is InChI=1S/C19H17BrN2O/c1-13-3-4-14(12-21-13)17-11-18(22-23-17)19(9-2-10-19)15-5-7-16(20)8-6-15/h3-8,11-12H,2,9-10H2,1H3. The van der Waals surface area contributed by atoms with Gasteiger partial charge in [-0.2, -0.15) is 0 Å². The van der Waals surface area contributed by atoms with Crippen molar-refractivity contribution in [2.45, 2.75) is 31.6 Å². The Kier molecular flexibility index (Phi) is 3.57. The van der Waals surface area contributed by atoms with Gasteiger partial charge in [0.15, 0.2) is 5.76 Å². The van der Waals surface area contributed by atoms with Gasteiger partial charge in [0.2, 0.25) is 0 Å². The van der Waals surface area contributed by atoms with Crippen LogP contribution in [0.4, 0.5) is 0 Å². The van der Waals surface area contributed by atoms with E-state index in [0.29, 0.717) is 0 Å². The third-order valence-corrected chi connectivity index (χ3v) is 5.33. The molecule has 0 aliphatic heterocycles. The molecule has 0 saturated heterocycles. The quantitative estimate of drug-likeness (QED) is 0.631. The zero-order chi connectivity index (χ0) is 15.9. The minimum atomic E-state index is 0.000571. The van der Waals surface area contributed by atoms with Crippen molar-refractivity contribution in [1.29, 1.82) is 0 Å². The van der Waals surface area contributed by atoms with Gasteiger partial charge in [-0.15, -0.1) is 0 Å². The van der Waals surface area contributed by atoms with Crippen LogP contribution in [0.15, 0.2) is 57.7 Å². The molecule has 0 radical (unpaired) electrons. The van der Waals surface area contributed by atoms with Crippen LogP contribution in [0, 0.1) is 6.92 Å². The van der Waals surface area contributed by atoms with Crippen molar-refractivity contribution in [3.8, 4) is 11.3 Å². The number of aromatic nitrogens is 2. The monoisotopic (exact) mass is 368 g/mol. The van der Waals surface area contributed by atoms with Crippen molar-refractivity contribution < 1.29 is 4.52 Å². The maximum absolute atomic E-state index is 5.62. The average Bonchev–Trinajstić information content (AvgIpc) is 2.99. The molecular weight excluding hydrogens is 352 g/mol. The van der Waals surface area contributed by atoms with Gasteiger partial charge in [0.1, 0.15) is 0 Å². The van der Waals surface area contributed by atoms with Crippen molar-refractivity contribution >= 4 is 15.9 Å². The molecule has 0 spiro atoms. The first-order chi connectivity index (χ1) is 11.2. The molecule has 3 aromatic rings. The van der Waals surface area contributed by atoms with E-state index in [9.17, 15) is 0 Å². The first-order valence-corrected chi connectivity index (χ1v) is 8.63. The molecule has 0 unspecified atom stereocenters. The van der Waals surface area contributed by atoms with Crippen molar-refractivity contribution in [3.63, 3.8) is 0 Å². The molecule has 0 bridgehead atoms. The van der Waals surface area contributed by atoms with Crippen LogP contribution in [0.5, 0.6) is 0 Å². The highest BCUT2D eigenvalue weighted by atomic mass is 79.9. The minimum Gasteiger partial charge on any atom is -0.356 e. The summed E-state index contributed by atoms with van der Waals surface area (Å²) >= 11 is 3.51. The van der Waals surface area contributed by atoms with Gasteiger partial charge < -0.3 is 4.52 Å². The highest BCUT2D eigenvalue weighted by Gasteiger charge is 2.43. The highest BCUT2D eigenvalue weighted by molar-refractivity contribution is 9.10. The molecular formula is C19H17BrN2O. The van der Waals surface area contributed by atoms with Crippen molar-refractivity contribution in [1.82, 2.24) is 10.1 Å². The number of nitrogens with zero attached hydrogens (tertiary/aromatic N) is 2. The Labute approximate surface area is 143 Å². The second kappa shape index (κ2) is 5.60. The molecule has 1 aromatic carbocycles. The summed E-state index contributed by atoms with van der Waals surface area (Å²) in [6.07, 6.45) is 5.30. The summed E-state index contributed by atoms with van der Waals surface area (Å²) in [4.78, 5) is 4.34. The van der Waals surface area contributed by atoms with E-state index in [1.54, 1.807) is 0 Å². The van der Waals surface area contributed by atoms with E-state index in [-0.39, 0.29) is 5.41 Å². The fourth-order valence-corrected chi connectivity index (χ4v) is 3.51. The zero-order valence-corrected chi connectivity index (χ0v) is 14.5. The van der Waals surface area contributed by atoms with Crippen LogP contribution in [-0.4, -0.2) is 10.1 Å². The molecule has 0 atom stereocenters. The lowest BCUT2D eigenvalue weighted by atomic mass is 9.62. The number of halogens is 1. The molecule has 1 fully saturated rings. The summed E-state index contributed by atoms with van der Waals surface area (Å²) in [5.41, 5.74) is 4.31. The minimum absolute atomic E-state index is 0.000571. The van der Waals surface area contributed by atoms with Crippen LogP contribution in [-0.2, 0) is 5.41 Å². The van der Waals surface area contributed by atoms with Gasteiger partial charge >= 0.3 is 0 Å². The molecule has 1 aliphatic carbocycles. The number of benzene rings is 1. The molecule has 2 heterocycles. The summed E-state index contributed by atoms with van der Waals surface area (Å²) in [7, 11) is 0. The van der Waals surface area contributed by atoms with E-state index < -0.39 is 0 Å². The van der Waals surface area contributed by atoms with E-state index in [0.717, 1.165) is 40.0 Å². The summed E-state index contributed by atoms with van der Waals surface area (Å²) in [6.45, 7) is 1.98. The van der Waals surface area contributed by atoms with E-state index in [1.807, 2.05) is 25.3 Å². The van der Waals surface area contributed by atoms with Crippen LogP contribution in [0.1, 0.15) is 36.2 Å². The predicted molar refractivity (Wildman–Crippen MR) is 93.2 cm³/mol. The molecule has 2 aromatic heterocycles. The number of aryl methyl sites for hydroxylation is 1. The molecule has 1 aliphatic rings. The maximum Gasteiger partial charge on any atom is 0.168 e. The lowest BCUT2D eigenvalue weighted by molar-refractivity contribution is 0.277. The van der Waals surface area contributed by atoms with Gasteiger partial charge in [-0.05, 0) is 49.6 Å². The van der Waals surface area contributed by atoms with Gasteiger partial charge in [0.25, 0.3) is 0 Å². The van der Waals surface area contributed by atoms with Crippen LogP contribution in [0.2, 0.25) is 0 Å². The first-order valence-electron chi connectivity index (χ1n) is 7.84. The second-order valence-electron chi connectivity index (χ2n) is 6.21. The number of rotatable bonds is 3. The van der Waals surface area contributed by atoms with Crippen LogP contribution in [0.25, 0.3) is 11.3 Å². The molecule has 3 nitrogen and oxygen atoms in total. The summed E-state index contributed by atoms with van der Waals surface area (Å²) in [5.74, 6) is 0.788. The second-order valence-corrected chi connectivity index (χ2v) is 7.12. The van der Waals surface area contributed by atoms with Gasteiger partial charge in [-0.3, -0.25) is 4.98 Å². The SMILES string of the molecule is Cc1ccc(-c2cc(C3(c4ccc(Br)cc4)CCC3)no2)cn1. The number of hydrogen-bond acceptors (Lipinski definition) is 3. The number of hydrogen-bond donors (Lipinski definition) is 0. The molecule has 4 heteroatoms. The molecule has 116 valence electrons. The van der Waals surface area contributed by atoms with Gasteiger partial charge in [-0.1, -0.05) is 39.6 Å². The largest absolute Gasteiger partial charge is 0.356 e. The van der Waals surface area contributed by atoms with Crippen molar-refractivity contribution in [3.05, 3.63) is 70.1 Å². The Balaban J connectivity index is 1.72. The van der Waals surface area contributed by atoms with E-state index in [1.165, 1.54) is 12.0 Å². The predicted octanol–water partition coefficient (Wildman–Crippen LogP) is 5.28. The lowest BCUT2D eigenvalue weighted by Gasteiger charge is -2.40. The molecule has 0 N–H and O–H groups in total.